The predicted molar refractivity (Wildman–Crippen MR) is 107 cm³/mol. The van der Waals surface area contributed by atoms with Crippen molar-refractivity contribution < 1.29 is 14.3 Å². The summed E-state index contributed by atoms with van der Waals surface area (Å²) in [6.07, 6.45) is 0. The van der Waals surface area contributed by atoms with Crippen LogP contribution in [0.5, 0.6) is 11.5 Å². The van der Waals surface area contributed by atoms with Gasteiger partial charge in [0.15, 0.2) is 11.5 Å². The molecule has 1 heterocycles. The van der Waals surface area contributed by atoms with E-state index in [0.29, 0.717) is 35.1 Å². The molecule has 8 heteroatoms. The number of hydrogen-bond acceptors (Lipinski definition) is 5. The second kappa shape index (κ2) is 8.58. The van der Waals surface area contributed by atoms with Gasteiger partial charge in [0.2, 0.25) is 0 Å². The van der Waals surface area contributed by atoms with E-state index in [0.717, 1.165) is 5.56 Å². The van der Waals surface area contributed by atoms with E-state index in [1.165, 1.54) is 19.2 Å². The zero-order chi connectivity index (χ0) is 20.1. The molecular weight excluding hydrogens is 382 g/mol. The van der Waals surface area contributed by atoms with Crippen LogP contribution in [0, 0.1) is 0 Å². The molecule has 0 aliphatic heterocycles. The lowest BCUT2D eigenvalue weighted by atomic mass is 10.1. The fourth-order valence-corrected chi connectivity index (χ4v) is 2.87. The number of H-pyrrole nitrogens is 1. The number of hydrogen-bond donors (Lipinski definition) is 2. The standard InChI is InChI=1S/C20H18ClN3O4/c1-3-28-19-15(21)10-13(11-17(19)27-2)20(26)22-14-6-4-5-12(9-14)16-7-8-18(25)24-23-16/h4-11H,3H2,1-2H3,(H,22,26)(H,24,25). The van der Waals surface area contributed by atoms with Crippen LogP contribution in [0.4, 0.5) is 5.69 Å². The summed E-state index contributed by atoms with van der Waals surface area (Å²) in [4.78, 5) is 23.8. The molecular formula is C20H18ClN3O4. The predicted octanol–water partition coefficient (Wildman–Crippen LogP) is 3.75. The van der Waals surface area contributed by atoms with Crippen LogP contribution in [0.1, 0.15) is 17.3 Å². The number of amides is 1. The van der Waals surface area contributed by atoms with Crippen molar-refractivity contribution in [2.24, 2.45) is 0 Å². The molecule has 1 amide bonds. The van der Waals surface area contributed by atoms with Gasteiger partial charge in [-0.2, -0.15) is 5.10 Å². The average Bonchev–Trinajstić information content (AvgIpc) is 2.70. The number of nitrogens with zero attached hydrogens (tertiary/aromatic N) is 1. The van der Waals surface area contributed by atoms with Gasteiger partial charge in [0.05, 0.1) is 24.4 Å². The molecule has 0 saturated heterocycles. The Bertz CT molecular complexity index is 1050. The lowest BCUT2D eigenvalue weighted by molar-refractivity contribution is 0.102. The highest BCUT2D eigenvalue weighted by molar-refractivity contribution is 6.32. The number of carbonyl (C=O) groups excluding carboxylic acids is 1. The molecule has 1 aromatic heterocycles. The second-order valence-electron chi connectivity index (χ2n) is 5.76. The van der Waals surface area contributed by atoms with E-state index < -0.39 is 0 Å². The molecule has 7 nitrogen and oxygen atoms in total. The fourth-order valence-electron chi connectivity index (χ4n) is 2.60. The number of anilines is 1. The van der Waals surface area contributed by atoms with Crippen LogP contribution in [0.2, 0.25) is 5.02 Å². The third-order valence-electron chi connectivity index (χ3n) is 3.88. The summed E-state index contributed by atoms with van der Waals surface area (Å²) >= 11 is 6.23. The van der Waals surface area contributed by atoms with E-state index >= 15 is 0 Å². The van der Waals surface area contributed by atoms with Crippen LogP contribution >= 0.6 is 11.6 Å². The topological polar surface area (TPSA) is 93.3 Å². The highest BCUT2D eigenvalue weighted by atomic mass is 35.5. The maximum atomic E-state index is 12.7. The first-order valence-electron chi connectivity index (χ1n) is 8.49. The molecule has 0 saturated carbocycles. The highest BCUT2D eigenvalue weighted by Gasteiger charge is 2.16. The van der Waals surface area contributed by atoms with Crippen LogP contribution in [0.3, 0.4) is 0 Å². The third kappa shape index (κ3) is 4.32. The quantitative estimate of drug-likeness (QED) is 0.658. The number of ether oxygens (including phenoxy) is 2. The average molecular weight is 400 g/mol. The van der Waals surface area contributed by atoms with Gasteiger partial charge in [-0.25, -0.2) is 5.10 Å². The van der Waals surface area contributed by atoms with Gasteiger partial charge in [0.25, 0.3) is 11.5 Å². The van der Waals surface area contributed by atoms with Gasteiger partial charge in [-0.05, 0) is 37.3 Å². The summed E-state index contributed by atoms with van der Waals surface area (Å²) in [7, 11) is 1.48. The van der Waals surface area contributed by atoms with Gasteiger partial charge in [-0.3, -0.25) is 9.59 Å². The van der Waals surface area contributed by atoms with Crippen molar-refractivity contribution in [1.82, 2.24) is 10.2 Å². The van der Waals surface area contributed by atoms with Gasteiger partial charge >= 0.3 is 0 Å². The minimum absolute atomic E-state index is 0.283. The molecule has 28 heavy (non-hydrogen) atoms. The molecule has 0 radical (unpaired) electrons. The summed E-state index contributed by atoms with van der Waals surface area (Å²) in [5.74, 6) is 0.426. The first-order valence-corrected chi connectivity index (χ1v) is 8.87. The summed E-state index contributed by atoms with van der Waals surface area (Å²) < 4.78 is 10.7. The Morgan fingerprint density at radius 1 is 1.21 bits per heavy atom. The summed E-state index contributed by atoms with van der Waals surface area (Å²) in [6.45, 7) is 2.26. The lowest BCUT2D eigenvalue weighted by Gasteiger charge is -2.13. The van der Waals surface area contributed by atoms with E-state index in [1.807, 2.05) is 13.0 Å². The first-order chi connectivity index (χ1) is 13.5. The zero-order valence-corrected chi connectivity index (χ0v) is 16.0. The Kier molecular flexibility index (Phi) is 5.96. The smallest absolute Gasteiger partial charge is 0.264 e. The van der Waals surface area contributed by atoms with Crippen LogP contribution in [-0.4, -0.2) is 29.8 Å². The number of benzene rings is 2. The summed E-state index contributed by atoms with van der Waals surface area (Å²) in [5, 5.41) is 9.48. The Morgan fingerprint density at radius 3 is 2.71 bits per heavy atom. The van der Waals surface area contributed by atoms with Crippen molar-refractivity contribution in [2.45, 2.75) is 6.92 Å². The molecule has 0 aliphatic carbocycles. The normalized spacial score (nSPS) is 10.4. The Hall–Kier alpha value is -3.32. The van der Waals surface area contributed by atoms with Gasteiger partial charge in [0.1, 0.15) is 0 Å². The zero-order valence-electron chi connectivity index (χ0n) is 15.3. The number of halogens is 1. The number of aromatic nitrogens is 2. The Balaban J connectivity index is 1.85. The third-order valence-corrected chi connectivity index (χ3v) is 4.16. The van der Waals surface area contributed by atoms with Gasteiger partial charge in [-0.1, -0.05) is 23.7 Å². The second-order valence-corrected chi connectivity index (χ2v) is 6.17. The summed E-state index contributed by atoms with van der Waals surface area (Å²) in [6, 6.07) is 13.2. The summed E-state index contributed by atoms with van der Waals surface area (Å²) in [5.41, 5.74) is 1.95. The van der Waals surface area contributed by atoms with E-state index in [9.17, 15) is 9.59 Å². The number of nitrogens with one attached hydrogen (secondary N) is 2. The van der Waals surface area contributed by atoms with E-state index in [1.54, 1.807) is 30.3 Å². The van der Waals surface area contributed by atoms with Crippen molar-refractivity contribution in [3.63, 3.8) is 0 Å². The maximum Gasteiger partial charge on any atom is 0.264 e. The molecule has 0 aliphatic rings. The number of methoxy groups -OCH3 is 1. The van der Waals surface area contributed by atoms with Crippen molar-refractivity contribution in [3.05, 3.63) is 69.5 Å². The molecule has 0 unspecified atom stereocenters. The maximum absolute atomic E-state index is 12.7. The Labute approximate surface area is 166 Å². The number of carbonyl (C=O) groups is 1. The lowest BCUT2D eigenvalue weighted by Crippen LogP contribution is -2.12. The van der Waals surface area contributed by atoms with Crippen molar-refractivity contribution >= 4 is 23.2 Å². The largest absolute Gasteiger partial charge is 0.493 e. The van der Waals surface area contributed by atoms with Gasteiger partial charge < -0.3 is 14.8 Å². The van der Waals surface area contributed by atoms with Crippen molar-refractivity contribution in [2.75, 3.05) is 19.0 Å². The molecule has 0 atom stereocenters. The van der Waals surface area contributed by atoms with Crippen molar-refractivity contribution in [1.29, 1.82) is 0 Å². The minimum Gasteiger partial charge on any atom is -0.493 e. The molecule has 2 N–H and O–H groups in total. The van der Waals surface area contributed by atoms with Gasteiger partial charge in [0, 0.05) is 22.9 Å². The SMILES string of the molecule is CCOc1c(Cl)cc(C(=O)Nc2cccc(-c3ccc(=O)[nH]n3)c2)cc1OC. The van der Waals surface area contributed by atoms with Gasteiger partial charge in [-0.15, -0.1) is 0 Å². The van der Waals surface area contributed by atoms with E-state index in [4.69, 9.17) is 21.1 Å². The number of rotatable bonds is 6. The van der Waals surface area contributed by atoms with E-state index in [-0.39, 0.29) is 16.5 Å². The molecule has 0 bridgehead atoms. The molecule has 144 valence electrons. The monoisotopic (exact) mass is 399 g/mol. The molecule has 2 aromatic carbocycles. The first kappa shape index (κ1) is 19.4. The Morgan fingerprint density at radius 2 is 2.04 bits per heavy atom. The van der Waals surface area contributed by atoms with Crippen LogP contribution in [0.15, 0.2) is 53.3 Å². The van der Waals surface area contributed by atoms with Crippen molar-refractivity contribution in [3.8, 4) is 22.8 Å². The highest BCUT2D eigenvalue weighted by Crippen LogP contribution is 2.36. The van der Waals surface area contributed by atoms with Crippen LogP contribution in [0.25, 0.3) is 11.3 Å². The molecule has 0 fully saturated rings. The molecule has 0 spiro atoms. The fraction of sp³-hybridized carbons (Fsp3) is 0.150. The molecule has 3 aromatic rings. The van der Waals surface area contributed by atoms with E-state index in [2.05, 4.69) is 15.5 Å². The minimum atomic E-state index is -0.352. The number of aromatic amines is 1. The molecule has 3 rings (SSSR count). The van der Waals surface area contributed by atoms with Crippen LogP contribution in [-0.2, 0) is 0 Å². The van der Waals surface area contributed by atoms with Crippen LogP contribution < -0.4 is 20.3 Å².